The predicted molar refractivity (Wildman–Crippen MR) is 79.0 cm³/mol. The Kier molecular flexibility index (Phi) is 5.67. The molecular weight excluding hydrogens is 224 g/mol. The summed E-state index contributed by atoms with van der Waals surface area (Å²) in [5.74, 6) is 0. The Hall–Kier alpha value is -0.343. The summed E-state index contributed by atoms with van der Waals surface area (Å²) < 4.78 is 6.10. The Bertz CT molecular complexity index is 286. The molecule has 0 aliphatic carbocycles. The van der Waals surface area contributed by atoms with Crippen LogP contribution in [0.15, 0.2) is 23.4 Å². The first-order valence-corrected chi connectivity index (χ1v) is 10.5. The molecule has 0 aromatic rings. The molecule has 1 heterocycles. The summed E-state index contributed by atoms with van der Waals surface area (Å²) in [5, 5.41) is 0. The van der Waals surface area contributed by atoms with E-state index >= 15 is 0 Å². The number of rotatable bonds is 4. The Morgan fingerprint density at radius 1 is 1.29 bits per heavy atom. The van der Waals surface area contributed by atoms with Crippen molar-refractivity contribution in [3.63, 3.8) is 0 Å². The van der Waals surface area contributed by atoms with Gasteiger partial charge in [0, 0.05) is 0 Å². The van der Waals surface area contributed by atoms with Gasteiger partial charge in [0.15, 0.2) is 0 Å². The van der Waals surface area contributed by atoms with E-state index in [1.807, 2.05) is 0 Å². The summed E-state index contributed by atoms with van der Waals surface area (Å²) in [4.78, 5) is 0. The molecule has 0 N–H and O–H groups in total. The summed E-state index contributed by atoms with van der Waals surface area (Å²) in [6.45, 7) is 11.6. The van der Waals surface area contributed by atoms with Crippen LogP contribution in [0.1, 0.15) is 39.5 Å². The van der Waals surface area contributed by atoms with E-state index in [4.69, 9.17) is 4.74 Å². The second-order valence-electron chi connectivity index (χ2n) is 6.19. The molecule has 1 saturated heterocycles. The van der Waals surface area contributed by atoms with E-state index in [0.717, 1.165) is 12.8 Å². The van der Waals surface area contributed by atoms with Gasteiger partial charge in [-0.05, 0) is 26.2 Å². The molecule has 1 fully saturated rings. The van der Waals surface area contributed by atoms with E-state index < -0.39 is 8.07 Å². The van der Waals surface area contributed by atoms with E-state index in [1.165, 1.54) is 12.8 Å². The maximum atomic E-state index is 6.10. The number of allylic oxidation sites excluding steroid dienone is 1. The van der Waals surface area contributed by atoms with Gasteiger partial charge in [0.25, 0.3) is 0 Å². The number of hydrogen-bond donors (Lipinski definition) is 0. The van der Waals surface area contributed by atoms with Gasteiger partial charge in [-0.2, -0.15) is 0 Å². The van der Waals surface area contributed by atoms with Crippen molar-refractivity contribution in [2.24, 2.45) is 0 Å². The van der Waals surface area contributed by atoms with Gasteiger partial charge >= 0.3 is 0 Å². The summed E-state index contributed by atoms with van der Waals surface area (Å²) in [6, 6.07) is 0. The summed E-state index contributed by atoms with van der Waals surface area (Å²) >= 11 is 0. The quantitative estimate of drug-likeness (QED) is 0.520. The van der Waals surface area contributed by atoms with Gasteiger partial charge in [0.2, 0.25) is 0 Å². The van der Waals surface area contributed by atoms with Gasteiger partial charge in [0.1, 0.15) is 0 Å². The second kappa shape index (κ2) is 6.55. The molecule has 0 radical (unpaired) electrons. The minimum absolute atomic E-state index is 0.313. The van der Waals surface area contributed by atoms with Gasteiger partial charge in [0.05, 0.1) is 20.3 Å². The minimum atomic E-state index is -1.09. The Morgan fingerprint density at radius 3 is 2.53 bits per heavy atom. The molecule has 2 heteroatoms. The maximum Gasteiger partial charge on any atom is 0.0796 e. The van der Waals surface area contributed by atoms with Crippen LogP contribution in [0.2, 0.25) is 19.6 Å². The third-order valence-electron chi connectivity index (χ3n) is 2.98. The molecule has 0 saturated carbocycles. The molecule has 1 aliphatic heterocycles. The zero-order valence-corrected chi connectivity index (χ0v) is 13.1. The third kappa shape index (κ3) is 5.69. The lowest BCUT2D eigenvalue weighted by molar-refractivity contribution is -0.0104. The molecule has 0 amide bonds. The molecule has 1 rings (SSSR count). The van der Waals surface area contributed by atoms with Gasteiger partial charge in [-0.25, -0.2) is 0 Å². The van der Waals surface area contributed by atoms with Crippen molar-refractivity contribution in [3.05, 3.63) is 23.4 Å². The first-order chi connectivity index (χ1) is 7.94. The largest absolute Gasteiger partial charge is 0.370 e. The van der Waals surface area contributed by atoms with Crippen molar-refractivity contribution in [3.8, 4) is 0 Å². The second-order valence-corrected chi connectivity index (χ2v) is 11.2. The van der Waals surface area contributed by atoms with Crippen LogP contribution in [0.3, 0.4) is 0 Å². The van der Waals surface area contributed by atoms with Crippen LogP contribution in [-0.2, 0) is 4.74 Å². The van der Waals surface area contributed by atoms with Crippen LogP contribution in [0.5, 0.6) is 0 Å². The molecule has 0 spiro atoms. The summed E-state index contributed by atoms with van der Waals surface area (Å²) in [7, 11) is -1.09. The van der Waals surface area contributed by atoms with Crippen molar-refractivity contribution in [1.29, 1.82) is 0 Å². The number of hydrogen-bond acceptors (Lipinski definition) is 1. The fourth-order valence-corrected chi connectivity index (χ4v) is 3.99. The average Bonchev–Trinajstić information content (AvgIpc) is 2.15. The Labute approximate surface area is 108 Å². The Balaban J connectivity index is 2.74. The SMILES string of the molecule is C/C=C/[C@@H]1C/C(=C/[Si](C)(C)C)C[C@H](CCC)O1. The molecular formula is C15H28OSi. The van der Waals surface area contributed by atoms with Crippen molar-refractivity contribution < 1.29 is 4.74 Å². The normalized spacial score (nSPS) is 29.1. The van der Waals surface area contributed by atoms with E-state index in [-0.39, 0.29) is 0 Å². The molecule has 2 atom stereocenters. The zero-order chi connectivity index (χ0) is 12.9. The Morgan fingerprint density at radius 2 is 2.00 bits per heavy atom. The van der Waals surface area contributed by atoms with Gasteiger partial charge in [-0.1, -0.05) is 56.4 Å². The van der Waals surface area contributed by atoms with Crippen LogP contribution in [-0.4, -0.2) is 20.3 Å². The smallest absolute Gasteiger partial charge is 0.0796 e. The first kappa shape index (κ1) is 14.7. The lowest BCUT2D eigenvalue weighted by Gasteiger charge is -2.31. The van der Waals surface area contributed by atoms with E-state index in [9.17, 15) is 0 Å². The van der Waals surface area contributed by atoms with Crippen molar-refractivity contribution >= 4 is 8.07 Å². The summed E-state index contributed by atoms with van der Waals surface area (Å²) in [5.41, 5.74) is 4.21. The van der Waals surface area contributed by atoms with E-state index in [0.29, 0.717) is 12.2 Å². The standard InChI is InChI=1S/C15H28OSi/c1-6-8-14-10-13(12-17(3,4)5)11-15(16-14)9-7-2/h6,8,12,14-15H,7,9-11H2,1-5H3/b8-6+,13-12-/t14-,15+/m1/s1. The van der Waals surface area contributed by atoms with Crippen LogP contribution in [0, 0.1) is 0 Å². The molecule has 17 heavy (non-hydrogen) atoms. The van der Waals surface area contributed by atoms with Crippen molar-refractivity contribution in [2.45, 2.75) is 71.4 Å². The summed E-state index contributed by atoms with van der Waals surface area (Å²) in [6.07, 6.45) is 9.75. The highest BCUT2D eigenvalue weighted by Crippen LogP contribution is 2.29. The predicted octanol–water partition coefficient (Wildman–Crippen LogP) is 4.71. The van der Waals surface area contributed by atoms with Crippen LogP contribution >= 0.6 is 0 Å². The van der Waals surface area contributed by atoms with Gasteiger partial charge in [-0.15, -0.1) is 0 Å². The maximum absolute atomic E-state index is 6.10. The molecule has 0 aromatic heterocycles. The first-order valence-electron chi connectivity index (χ1n) is 6.93. The highest BCUT2D eigenvalue weighted by molar-refractivity contribution is 6.81. The average molecular weight is 252 g/mol. The molecule has 1 nitrogen and oxygen atoms in total. The number of ether oxygens (including phenoxy) is 1. The third-order valence-corrected chi connectivity index (χ3v) is 4.25. The molecule has 98 valence electrons. The lowest BCUT2D eigenvalue weighted by Crippen LogP contribution is -2.29. The van der Waals surface area contributed by atoms with Crippen molar-refractivity contribution in [1.82, 2.24) is 0 Å². The highest BCUT2D eigenvalue weighted by Gasteiger charge is 2.24. The van der Waals surface area contributed by atoms with E-state index in [1.54, 1.807) is 5.57 Å². The van der Waals surface area contributed by atoms with Crippen LogP contribution < -0.4 is 0 Å². The molecule has 1 aliphatic rings. The molecule has 0 aromatic carbocycles. The monoisotopic (exact) mass is 252 g/mol. The fourth-order valence-electron chi connectivity index (χ4n) is 2.53. The highest BCUT2D eigenvalue weighted by atomic mass is 28.3. The van der Waals surface area contributed by atoms with Gasteiger partial charge < -0.3 is 4.74 Å². The fraction of sp³-hybridized carbons (Fsp3) is 0.733. The van der Waals surface area contributed by atoms with Crippen molar-refractivity contribution in [2.75, 3.05) is 0 Å². The lowest BCUT2D eigenvalue weighted by atomic mass is 9.96. The topological polar surface area (TPSA) is 9.23 Å². The van der Waals surface area contributed by atoms with Gasteiger partial charge in [-0.3, -0.25) is 0 Å². The van der Waals surface area contributed by atoms with E-state index in [2.05, 4.69) is 51.3 Å². The molecule has 0 bridgehead atoms. The minimum Gasteiger partial charge on any atom is -0.370 e. The van der Waals surface area contributed by atoms with Crippen LogP contribution in [0.25, 0.3) is 0 Å². The van der Waals surface area contributed by atoms with Crippen LogP contribution in [0.4, 0.5) is 0 Å². The zero-order valence-electron chi connectivity index (χ0n) is 12.1. The molecule has 0 unspecified atom stereocenters.